The van der Waals surface area contributed by atoms with Crippen LogP contribution >= 0.6 is 11.6 Å². The lowest BCUT2D eigenvalue weighted by molar-refractivity contribution is 0.0455. The molecule has 0 bridgehead atoms. The number of halogens is 1. The van der Waals surface area contributed by atoms with E-state index in [0.717, 1.165) is 11.9 Å². The lowest BCUT2D eigenvalue weighted by Gasteiger charge is -2.26. The third-order valence-corrected chi connectivity index (χ3v) is 7.49. The zero-order valence-electron chi connectivity index (χ0n) is 18.0. The zero-order valence-corrected chi connectivity index (χ0v) is 19.6. The normalized spacial score (nSPS) is 15.1. The number of aromatic hydroxyl groups is 1. The number of carbonyl (C=O) groups excluding carboxylic acids is 1. The maximum Gasteiger partial charge on any atom is 0.342 e. The van der Waals surface area contributed by atoms with Crippen LogP contribution in [-0.4, -0.2) is 59.7 Å². The van der Waals surface area contributed by atoms with Crippen LogP contribution in [0.3, 0.4) is 0 Å². The van der Waals surface area contributed by atoms with E-state index in [0.29, 0.717) is 49.2 Å². The monoisotopic (exact) mass is 493 g/mol. The van der Waals surface area contributed by atoms with Crippen LogP contribution in [0.5, 0.6) is 5.75 Å². The fraction of sp³-hybridized carbons (Fsp3) is 0.364. The molecular formula is C22H24ClN3O6S. The van der Waals surface area contributed by atoms with Crippen molar-refractivity contribution in [2.45, 2.75) is 31.4 Å². The summed E-state index contributed by atoms with van der Waals surface area (Å²) in [5.41, 5.74) is 1.20. The summed E-state index contributed by atoms with van der Waals surface area (Å²) in [7, 11) is -3.66. The molecule has 176 valence electrons. The number of rotatable bonds is 7. The molecule has 4 rings (SSSR count). The largest absolute Gasteiger partial charge is 0.507 e. The molecule has 1 N–H and O–H groups in total. The number of aryl methyl sites for hydroxylation is 1. The summed E-state index contributed by atoms with van der Waals surface area (Å²) in [4.78, 5) is 17.2. The zero-order chi connectivity index (χ0) is 23.6. The number of carbonyl (C=O) groups is 1. The number of imidazole rings is 1. The van der Waals surface area contributed by atoms with Crippen molar-refractivity contribution in [3.8, 4) is 5.75 Å². The van der Waals surface area contributed by atoms with E-state index in [1.165, 1.54) is 22.5 Å². The van der Waals surface area contributed by atoms with Crippen molar-refractivity contribution in [2.75, 3.05) is 26.3 Å². The summed E-state index contributed by atoms with van der Waals surface area (Å²) < 4.78 is 40.0. The van der Waals surface area contributed by atoms with Crippen LogP contribution in [0.2, 0.25) is 5.02 Å². The first-order valence-corrected chi connectivity index (χ1v) is 12.4. The van der Waals surface area contributed by atoms with E-state index in [-0.39, 0.29) is 22.8 Å². The van der Waals surface area contributed by atoms with Crippen LogP contribution in [0.15, 0.2) is 41.3 Å². The summed E-state index contributed by atoms with van der Waals surface area (Å²) in [5, 5.41) is 10.2. The summed E-state index contributed by atoms with van der Waals surface area (Å²) in [6.45, 7) is 3.81. The molecule has 9 nitrogen and oxygen atoms in total. The van der Waals surface area contributed by atoms with Gasteiger partial charge in [-0.25, -0.2) is 18.2 Å². The highest BCUT2D eigenvalue weighted by atomic mass is 35.5. The highest BCUT2D eigenvalue weighted by molar-refractivity contribution is 7.89. The molecule has 2 aromatic carbocycles. The Hall–Kier alpha value is -2.66. The van der Waals surface area contributed by atoms with E-state index in [1.807, 2.05) is 11.5 Å². The second kappa shape index (κ2) is 9.68. The van der Waals surface area contributed by atoms with Crippen LogP contribution < -0.4 is 0 Å². The number of benzene rings is 2. The van der Waals surface area contributed by atoms with Gasteiger partial charge < -0.3 is 19.1 Å². The van der Waals surface area contributed by atoms with Gasteiger partial charge in [0.15, 0.2) is 0 Å². The topological polar surface area (TPSA) is 111 Å². The third-order valence-electron chi connectivity index (χ3n) is 5.36. The van der Waals surface area contributed by atoms with Gasteiger partial charge in [0, 0.05) is 24.7 Å². The van der Waals surface area contributed by atoms with Crippen LogP contribution in [0.4, 0.5) is 0 Å². The Morgan fingerprint density at radius 3 is 2.70 bits per heavy atom. The Balaban J connectivity index is 1.62. The minimum Gasteiger partial charge on any atom is -0.507 e. The maximum absolute atomic E-state index is 13.0. The minimum atomic E-state index is -3.66. The quantitative estimate of drug-likeness (QED) is 0.503. The highest BCUT2D eigenvalue weighted by Crippen LogP contribution is 2.26. The Kier molecular flexibility index (Phi) is 6.89. The van der Waals surface area contributed by atoms with Gasteiger partial charge in [-0.1, -0.05) is 18.5 Å². The van der Waals surface area contributed by atoms with Gasteiger partial charge in [-0.15, -0.1) is 0 Å². The van der Waals surface area contributed by atoms with Gasteiger partial charge in [-0.3, -0.25) is 0 Å². The molecule has 0 aliphatic carbocycles. The number of fused-ring (bicyclic) bond motifs is 1. The van der Waals surface area contributed by atoms with Gasteiger partial charge in [0.2, 0.25) is 10.0 Å². The molecule has 0 spiro atoms. The molecule has 0 saturated carbocycles. The number of nitrogens with zero attached hydrogens (tertiary/aromatic N) is 3. The van der Waals surface area contributed by atoms with Crippen molar-refractivity contribution in [1.29, 1.82) is 0 Å². The van der Waals surface area contributed by atoms with Crippen LogP contribution in [0.25, 0.3) is 11.0 Å². The standard InChI is InChI=1S/C22H24ClN3O6S/c1-2-7-26-19-5-4-16(33(29,30)25-8-10-31-11-9-25)13-18(19)24-21(26)14-32-22(28)17-12-15(23)3-6-20(17)27/h3-6,12-13,27H,2,7-11,14H2,1H3. The summed E-state index contributed by atoms with van der Waals surface area (Å²) >= 11 is 5.91. The predicted molar refractivity (Wildman–Crippen MR) is 122 cm³/mol. The molecule has 1 aliphatic heterocycles. The fourth-order valence-electron chi connectivity index (χ4n) is 3.72. The van der Waals surface area contributed by atoms with Crippen molar-refractivity contribution < 1.29 is 27.8 Å². The van der Waals surface area contributed by atoms with Gasteiger partial charge in [0.1, 0.15) is 23.7 Å². The molecule has 3 aromatic rings. The average molecular weight is 494 g/mol. The SMILES string of the molecule is CCCn1c(COC(=O)c2cc(Cl)ccc2O)nc2cc(S(=O)(=O)N3CCOCC3)ccc21. The number of hydrogen-bond acceptors (Lipinski definition) is 7. The summed E-state index contributed by atoms with van der Waals surface area (Å²) in [6, 6.07) is 8.95. The van der Waals surface area contributed by atoms with E-state index in [1.54, 1.807) is 18.2 Å². The number of sulfonamides is 1. The van der Waals surface area contributed by atoms with E-state index < -0.39 is 16.0 Å². The number of aromatic nitrogens is 2. The number of phenolic OH excluding ortho intramolecular Hbond substituents is 1. The van der Waals surface area contributed by atoms with Gasteiger partial charge in [0.05, 0.1) is 29.1 Å². The molecule has 1 saturated heterocycles. The summed E-state index contributed by atoms with van der Waals surface area (Å²) in [5.74, 6) is -0.493. The van der Waals surface area contributed by atoms with E-state index in [4.69, 9.17) is 21.1 Å². The molecular weight excluding hydrogens is 470 g/mol. The van der Waals surface area contributed by atoms with Crippen LogP contribution in [-0.2, 0) is 32.6 Å². The molecule has 2 heterocycles. The molecule has 1 aliphatic rings. The number of esters is 1. The van der Waals surface area contributed by atoms with Gasteiger partial charge in [-0.05, 0) is 42.8 Å². The smallest absolute Gasteiger partial charge is 0.342 e. The number of hydrogen-bond donors (Lipinski definition) is 1. The van der Waals surface area contributed by atoms with Crippen molar-refractivity contribution in [1.82, 2.24) is 13.9 Å². The van der Waals surface area contributed by atoms with Crippen molar-refractivity contribution in [3.05, 3.63) is 52.8 Å². The fourth-order valence-corrected chi connectivity index (χ4v) is 5.32. The molecule has 0 amide bonds. The number of ether oxygens (including phenoxy) is 2. The van der Waals surface area contributed by atoms with Gasteiger partial charge >= 0.3 is 5.97 Å². The number of morpholine rings is 1. The van der Waals surface area contributed by atoms with Crippen LogP contribution in [0.1, 0.15) is 29.5 Å². The first kappa shape index (κ1) is 23.5. The second-order valence-corrected chi connectivity index (χ2v) is 9.96. The molecule has 1 aromatic heterocycles. The maximum atomic E-state index is 13.0. The highest BCUT2D eigenvalue weighted by Gasteiger charge is 2.27. The van der Waals surface area contributed by atoms with E-state index >= 15 is 0 Å². The molecule has 33 heavy (non-hydrogen) atoms. The lowest BCUT2D eigenvalue weighted by atomic mass is 10.2. The molecule has 0 radical (unpaired) electrons. The Bertz CT molecular complexity index is 1280. The first-order valence-electron chi connectivity index (χ1n) is 10.5. The van der Waals surface area contributed by atoms with Crippen LogP contribution in [0, 0.1) is 0 Å². The Labute approximate surface area is 196 Å². The average Bonchev–Trinajstić information content (AvgIpc) is 3.16. The van der Waals surface area contributed by atoms with Gasteiger partial charge in [0.25, 0.3) is 0 Å². The third kappa shape index (κ3) is 4.84. The summed E-state index contributed by atoms with van der Waals surface area (Å²) in [6.07, 6.45) is 0.801. The lowest BCUT2D eigenvalue weighted by Crippen LogP contribution is -2.40. The van der Waals surface area contributed by atoms with Crippen molar-refractivity contribution in [2.24, 2.45) is 0 Å². The van der Waals surface area contributed by atoms with E-state index in [2.05, 4.69) is 4.98 Å². The van der Waals surface area contributed by atoms with Gasteiger partial charge in [-0.2, -0.15) is 4.31 Å². The van der Waals surface area contributed by atoms with Crippen molar-refractivity contribution >= 4 is 38.6 Å². The number of phenols is 1. The molecule has 0 atom stereocenters. The predicted octanol–water partition coefficient (Wildman–Crippen LogP) is 3.18. The Morgan fingerprint density at radius 1 is 1.21 bits per heavy atom. The Morgan fingerprint density at radius 2 is 1.97 bits per heavy atom. The molecule has 1 fully saturated rings. The second-order valence-electron chi connectivity index (χ2n) is 7.58. The molecule has 0 unspecified atom stereocenters. The first-order chi connectivity index (χ1) is 15.8. The van der Waals surface area contributed by atoms with Crippen molar-refractivity contribution in [3.63, 3.8) is 0 Å². The minimum absolute atomic E-state index is 0.0421. The molecule has 11 heteroatoms. The van der Waals surface area contributed by atoms with E-state index in [9.17, 15) is 18.3 Å².